The zero-order chi connectivity index (χ0) is 13.1. The van der Waals surface area contributed by atoms with Gasteiger partial charge in [-0.05, 0) is 37.1 Å². The van der Waals surface area contributed by atoms with Crippen molar-refractivity contribution < 1.29 is 0 Å². The van der Waals surface area contributed by atoms with Gasteiger partial charge in [-0.1, -0.05) is 17.7 Å². The normalized spacial score (nSPS) is 10.9. The van der Waals surface area contributed by atoms with Gasteiger partial charge in [0.05, 0.1) is 5.69 Å². The van der Waals surface area contributed by atoms with E-state index in [4.69, 9.17) is 11.6 Å². The molecule has 1 N–H and O–H groups in total. The number of halogens is 1. The van der Waals surface area contributed by atoms with Gasteiger partial charge in [0.1, 0.15) is 0 Å². The van der Waals surface area contributed by atoms with Gasteiger partial charge >= 0.3 is 0 Å². The minimum Gasteiger partial charge on any atom is -0.308 e. The average Bonchev–Trinajstić information content (AvgIpc) is 2.61. The Hall–Kier alpha value is -1.32. The van der Waals surface area contributed by atoms with E-state index in [0.717, 1.165) is 23.8 Å². The first-order valence-electron chi connectivity index (χ1n) is 6.01. The van der Waals surface area contributed by atoms with Crippen LogP contribution in [0.1, 0.15) is 22.4 Å². The zero-order valence-electron chi connectivity index (χ0n) is 11.0. The second-order valence-corrected chi connectivity index (χ2v) is 5.02. The number of benzene rings is 1. The molecule has 3 nitrogen and oxygen atoms in total. The standard InChI is InChI=1S/C14H18ClN3/c1-10-6-14(15)5-4-12(10)7-16-8-13-9-18(3)17-11(13)2/h4-6,9,16H,7-8H2,1-3H3. The van der Waals surface area contributed by atoms with Crippen molar-refractivity contribution in [3.8, 4) is 0 Å². The number of aryl methyl sites for hydroxylation is 3. The largest absolute Gasteiger partial charge is 0.308 e. The fourth-order valence-electron chi connectivity index (χ4n) is 2.01. The Balaban J connectivity index is 1.94. The van der Waals surface area contributed by atoms with Crippen LogP contribution in [0.2, 0.25) is 5.02 Å². The van der Waals surface area contributed by atoms with Crippen molar-refractivity contribution >= 4 is 11.6 Å². The summed E-state index contributed by atoms with van der Waals surface area (Å²) >= 11 is 5.94. The third-order valence-corrected chi connectivity index (χ3v) is 3.29. The first-order chi connectivity index (χ1) is 8.56. The SMILES string of the molecule is Cc1cc(Cl)ccc1CNCc1cn(C)nc1C. The van der Waals surface area contributed by atoms with Gasteiger partial charge in [0.25, 0.3) is 0 Å². The molecule has 2 aromatic rings. The number of aromatic nitrogens is 2. The quantitative estimate of drug-likeness (QED) is 0.919. The molecule has 0 spiro atoms. The number of hydrogen-bond acceptors (Lipinski definition) is 2. The van der Waals surface area contributed by atoms with Crippen molar-refractivity contribution in [2.45, 2.75) is 26.9 Å². The molecule has 0 saturated heterocycles. The lowest BCUT2D eigenvalue weighted by Crippen LogP contribution is -2.13. The molecule has 1 heterocycles. The molecule has 0 bridgehead atoms. The van der Waals surface area contributed by atoms with E-state index in [1.165, 1.54) is 16.7 Å². The van der Waals surface area contributed by atoms with Crippen LogP contribution in [0.4, 0.5) is 0 Å². The number of rotatable bonds is 4. The number of nitrogens with one attached hydrogen (secondary N) is 1. The second-order valence-electron chi connectivity index (χ2n) is 4.59. The number of nitrogens with zero attached hydrogens (tertiary/aromatic N) is 2. The highest BCUT2D eigenvalue weighted by atomic mass is 35.5. The smallest absolute Gasteiger partial charge is 0.0638 e. The molecule has 0 aliphatic heterocycles. The topological polar surface area (TPSA) is 29.9 Å². The first-order valence-corrected chi connectivity index (χ1v) is 6.39. The molecule has 0 amide bonds. The minimum absolute atomic E-state index is 0.791. The maximum absolute atomic E-state index is 5.94. The summed E-state index contributed by atoms with van der Waals surface area (Å²) in [5.41, 5.74) is 4.82. The lowest BCUT2D eigenvalue weighted by atomic mass is 10.1. The van der Waals surface area contributed by atoms with E-state index in [-0.39, 0.29) is 0 Å². The minimum atomic E-state index is 0.791. The summed E-state index contributed by atoms with van der Waals surface area (Å²) in [5, 5.41) is 8.55. The van der Waals surface area contributed by atoms with Crippen LogP contribution < -0.4 is 5.32 Å². The van der Waals surface area contributed by atoms with E-state index >= 15 is 0 Å². The Morgan fingerprint density at radius 1 is 1.22 bits per heavy atom. The molecule has 18 heavy (non-hydrogen) atoms. The van der Waals surface area contributed by atoms with Gasteiger partial charge in [0.2, 0.25) is 0 Å². The average molecular weight is 264 g/mol. The summed E-state index contributed by atoms with van der Waals surface area (Å²) in [7, 11) is 1.94. The van der Waals surface area contributed by atoms with Crippen molar-refractivity contribution in [2.75, 3.05) is 0 Å². The van der Waals surface area contributed by atoms with Crippen LogP contribution in [-0.2, 0) is 20.1 Å². The fraction of sp³-hybridized carbons (Fsp3) is 0.357. The van der Waals surface area contributed by atoms with E-state index in [9.17, 15) is 0 Å². The maximum atomic E-state index is 5.94. The van der Waals surface area contributed by atoms with Gasteiger partial charge in [-0.15, -0.1) is 0 Å². The molecule has 0 saturated carbocycles. The van der Waals surface area contributed by atoms with E-state index < -0.39 is 0 Å². The molecule has 0 aliphatic rings. The van der Waals surface area contributed by atoms with Crippen LogP contribution in [0.15, 0.2) is 24.4 Å². The molecule has 0 fully saturated rings. The summed E-state index contributed by atoms with van der Waals surface area (Å²) in [6, 6.07) is 6.00. The first kappa shape index (κ1) is 13.1. The highest BCUT2D eigenvalue weighted by Crippen LogP contribution is 2.15. The second kappa shape index (κ2) is 5.55. The molecule has 0 unspecified atom stereocenters. The van der Waals surface area contributed by atoms with Crippen LogP contribution in [0, 0.1) is 13.8 Å². The molecule has 0 radical (unpaired) electrons. The highest BCUT2D eigenvalue weighted by Gasteiger charge is 2.03. The molecule has 0 atom stereocenters. The summed E-state index contributed by atoms with van der Waals surface area (Å²) in [5.74, 6) is 0. The summed E-state index contributed by atoms with van der Waals surface area (Å²) in [4.78, 5) is 0. The molecular formula is C14H18ClN3. The van der Waals surface area contributed by atoms with Crippen molar-refractivity contribution in [3.05, 3.63) is 51.8 Å². The van der Waals surface area contributed by atoms with E-state index in [1.807, 2.05) is 30.8 Å². The Labute approximate surface area is 113 Å². The van der Waals surface area contributed by atoms with Crippen LogP contribution in [0.5, 0.6) is 0 Å². The third kappa shape index (κ3) is 3.12. The lowest BCUT2D eigenvalue weighted by molar-refractivity contribution is 0.687. The fourth-order valence-corrected chi connectivity index (χ4v) is 2.24. The van der Waals surface area contributed by atoms with E-state index in [2.05, 4.69) is 29.6 Å². The van der Waals surface area contributed by atoms with Crippen LogP contribution in [0.3, 0.4) is 0 Å². The monoisotopic (exact) mass is 263 g/mol. The van der Waals surface area contributed by atoms with E-state index in [1.54, 1.807) is 0 Å². The van der Waals surface area contributed by atoms with Crippen LogP contribution in [0.25, 0.3) is 0 Å². The Kier molecular flexibility index (Phi) is 4.04. The van der Waals surface area contributed by atoms with Crippen molar-refractivity contribution in [1.82, 2.24) is 15.1 Å². The summed E-state index contributed by atoms with van der Waals surface area (Å²) < 4.78 is 1.85. The van der Waals surface area contributed by atoms with Crippen molar-refractivity contribution in [1.29, 1.82) is 0 Å². The summed E-state index contributed by atoms with van der Waals surface area (Å²) in [6.45, 7) is 5.79. The van der Waals surface area contributed by atoms with Gasteiger partial charge in [-0.3, -0.25) is 4.68 Å². The maximum Gasteiger partial charge on any atom is 0.0638 e. The predicted octanol–water partition coefficient (Wildman–Crippen LogP) is 2.98. The molecular weight excluding hydrogens is 246 g/mol. The van der Waals surface area contributed by atoms with Gasteiger partial charge < -0.3 is 5.32 Å². The van der Waals surface area contributed by atoms with Gasteiger partial charge in [0.15, 0.2) is 0 Å². The Bertz CT molecular complexity index is 546. The molecule has 0 aliphatic carbocycles. The lowest BCUT2D eigenvalue weighted by Gasteiger charge is -2.07. The Morgan fingerprint density at radius 3 is 2.56 bits per heavy atom. The van der Waals surface area contributed by atoms with E-state index in [0.29, 0.717) is 0 Å². The highest BCUT2D eigenvalue weighted by molar-refractivity contribution is 6.30. The molecule has 96 valence electrons. The molecule has 2 rings (SSSR count). The van der Waals surface area contributed by atoms with Gasteiger partial charge in [-0.25, -0.2) is 0 Å². The van der Waals surface area contributed by atoms with Gasteiger partial charge in [0, 0.05) is 36.9 Å². The zero-order valence-corrected chi connectivity index (χ0v) is 11.8. The predicted molar refractivity (Wildman–Crippen MR) is 74.7 cm³/mol. The molecule has 1 aromatic heterocycles. The Morgan fingerprint density at radius 2 is 1.94 bits per heavy atom. The van der Waals surface area contributed by atoms with Crippen LogP contribution >= 0.6 is 11.6 Å². The van der Waals surface area contributed by atoms with Crippen molar-refractivity contribution in [2.24, 2.45) is 7.05 Å². The molecule has 1 aromatic carbocycles. The molecule has 4 heteroatoms. The third-order valence-electron chi connectivity index (χ3n) is 3.05. The summed E-state index contributed by atoms with van der Waals surface area (Å²) in [6.07, 6.45) is 2.05. The van der Waals surface area contributed by atoms with Crippen molar-refractivity contribution in [3.63, 3.8) is 0 Å². The van der Waals surface area contributed by atoms with Gasteiger partial charge in [-0.2, -0.15) is 5.10 Å². The number of hydrogen-bond donors (Lipinski definition) is 1. The van der Waals surface area contributed by atoms with Crippen LogP contribution in [-0.4, -0.2) is 9.78 Å².